The number of aliphatic hydroxyl groups is 2. The summed E-state index contributed by atoms with van der Waals surface area (Å²) in [5.41, 5.74) is -3.31. The fourth-order valence-electron chi connectivity index (χ4n) is 12.7. The Hall–Kier alpha value is -2.03. The van der Waals surface area contributed by atoms with Crippen LogP contribution in [0.5, 0.6) is 11.5 Å². The largest absolute Gasteiger partial charge is 0.493 e. The minimum atomic E-state index is -1.50. The normalized spacial score (nSPS) is 46.8. The Balaban J connectivity index is 1.44. The molecule has 1 aliphatic heterocycles. The van der Waals surface area contributed by atoms with Crippen LogP contribution in [0.1, 0.15) is 43.5 Å². The number of esters is 1. The lowest BCUT2D eigenvalue weighted by atomic mass is 9.42. The molecular formula is C36H53NO11. The zero-order chi connectivity index (χ0) is 34.4. The molecule has 0 radical (unpaired) electrons. The van der Waals surface area contributed by atoms with Crippen molar-refractivity contribution >= 4 is 5.97 Å². The molecule has 5 aliphatic carbocycles. The predicted molar refractivity (Wildman–Crippen MR) is 172 cm³/mol. The van der Waals surface area contributed by atoms with E-state index in [9.17, 15) is 15.0 Å². The van der Waals surface area contributed by atoms with Crippen LogP contribution in [0.4, 0.5) is 0 Å². The number of ether oxygens (including phenoxy) is 8. The van der Waals surface area contributed by atoms with Gasteiger partial charge in [0.2, 0.25) is 0 Å². The number of rotatable bonds is 12. The van der Waals surface area contributed by atoms with Crippen LogP contribution < -0.4 is 9.47 Å². The van der Waals surface area contributed by atoms with Gasteiger partial charge in [-0.1, -0.05) is 6.92 Å². The molecule has 48 heavy (non-hydrogen) atoms. The Morgan fingerprint density at radius 3 is 2.29 bits per heavy atom. The van der Waals surface area contributed by atoms with Gasteiger partial charge in [-0.2, -0.15) is 0 Å². The lowest BCUT2D eigenvalue weighted by molar-refractivity contribution is -0.304. The van der Waals surface area contributed by atoms with E-state index < -0.39 is 52.2 Å². The van der Waals surface area contributed by atoms with Gasteiger partial charge in [0.1, 0.15) is 11.7 Å². The summed E-state index contributed by atoms with van der Waals surface area (Å²) in [5.74, 6) is -0.656. The smallest absolute Gasteiger partial charge is 0.338 e. The summed E-state index contributed by atoms with van der Waals surface area (Å²) in [6.45, 7) is 6.32. The van der Waals surface area contributed by atoms with Gasteiger partial charge in [0.15, 0.2) is 11.5 Å². The van der Waals surface area contributed by atoms with Crippen molar-refractivity contribution in [3.05, 3.63) is 23.8 Å². The van der Waals surface area contributed by atoms with E-state index in [-0.39, 0.29) is 41.6 Å². The molecule has 1 aromatic carbocycles. The molecule has 6 aliphatic rings. The zero-order valence-corrected chi connectivity index (χ0v) is 29.5. The van der Waals surface area contributed by atoms with Crippen LogP contribution in [0.15, 0.2) is 18.2 Å². The fourth-order valence-corrected chi connectivity index (χ4v) is 12.7. The Morgan fingerprint density at radius 2 is 1.69 bits per heavy atom. The van der Waals surface area contributed by atoms with Gasteiger partial charge in [-0.05, 0) is 44.0 Å². The van der Waals surface area contributed by atoms with Gasteiger partial charge >= 0.3 is 5.97 Å². The third-order valence-electron chi connectivity index (χ3n) is 13.8. The zero-order valence-electron chi connectivity index (χ0n) is 29.5. The third-order valence-corrected chi connectivity index (χ3v) is 13.8. The molecule has 12 heteroatoms. The topological polar surface area (TPSA) is 135 Å². The number of nitrogens with zero attached hydrogens (tertiary/aromatic N) is 1. The first kappa shape index (κ1) is 34.4. The van der Waals surface area contributed by atoms with E-state index in [1.807, 2.05) is 6.92 Å². The highest BCUT2D eigenvalue weighted by atomic mass is 16.6. The van der Waals surface area contributed by atoms with Gasteiger partial charge < -0.3 is 48.1 Å². The average molecular weight is 676 g/mol. The molecule has 268 valence electrons. The maximum absolute atomic E-state index is 14.1. The second kappa shape index (κ2) is 12.0. The van der Waals surface area contributed by atoms with Gasteiger partial charge in [-0.3, -0.25) is 4.90 Å². The Morgan fingerprint density at radius 1 is 0.958 bits per heavy atom. The molecule has 7 bridgehead atoms. The molecule has 7 rings (SSSR count). The Bertz CT molecular complexity index is 1400. The van der Waals surface area contributed by atoms with E-state index in [0.29, 0.717) is 50.5 Å². The average Bonchev–Trinajstić information content (AvgIpc) is 3.46. The maximum Gasteiger partial charge on any atom is 0.338 e. The number of hydrogen-bond acceptors (Lipinski definition) is 12. The first-order chi connectivity index (χ1) is 23.1. The first-order valence-corrected chi connectivity index (χ1v) is 17.4. The van der Waals surface area contributed by atoms with Crippen molar-refractivity contribution in [3.8, 4) is 11.5 Å². The lowest BCUT2D eigenvalue weighted by Crippen LogP contribution is -2.79. The van der Waals surface area contributed by atoms with Crippen molar-refractivity contribution in [2.75, 3.05) is 69.0 Å². The van der Waals surface area contributed by atoms with E-state index in [1.54, 1.807) is 46.6 Å². The quantitative estimate of drug-likeness (QED) is 0.315. The lowest BCUT2D eigenvalue weighted by Gasteiger charge is -2.70. The van der Waals surface area contributed by atoms with Crippen LogP contribution in [-0.2, 0) is 28.4 Å². The van der Waals surface area contributed by atoms with Gasteiger partial charge in [-0.15, -0.1) is 0 Å². The molecule has 0 amide bonds. The molecule has 0 unspecified atom stereocenters. The summed E-state index contributed by atoms with van der Waals surface area (Å²) in [4.78, 5) is 16.6. The van der Waals surface area contributed by atoms with Crippen molar-refractivity contribution in [1.29, 1.82) is 0 Å². The second-order valence-corrected chi connectivity index (χ2v) is 14.9. The SMILES string of the molecule is CCO[C@@]12C[C@@H](OC)[C@]3(O)C[C@@H]([C@H]1[C@H]3OC(=O)c1ccc(OC)c(OC)c1)[C@]13[C@@H]4[C@@H](OC)[C@H]2[C@H]1N(CC)C[C@]4(COC)[C@H](O)C[C@H]3OC. The molecule has 1 heterocycles. The molecule has 1 aromatic rings. The van der Waals surface area contributed by atoms with Crippen LogP contribution in [0.25, 0.3) is 0 Å². The monoisotopic (exact) mass is 675 g/mol. The number of aliphatic hydroxyl groups excluding tert-OH is 1. The van der Waals surface area contributed by atoms with E-state index in [2.05, 4.69) is 11.8 Å². The van der Waals surface area contributed by atoms with E-state index in [1.165, 1.54) is 14.2 Å². The Kier molecular flexibility index (Phi) is 8.64. The number of carbonyl (C=O) groups is 1. The number of hydrogen-bond donors (Lipinski definition) is 2. The highest BCUT2D eigenvalue weighted by Crippen LogP contribution is 2.80. The molecule has 5 saturated carbocycles. The molecular weight excluding hydrogens is 622 g/mol. The number of piperidine rings is 1. The van der Waals surface area contributed by atoms with E-state index in [4.69, 9.17) is 37.9 Å². The van der Waals surface area contributed by atoms with Crippen molar-refractivity contribution < 1.29 is 52.9 Å². The van der Waals surface area contributed by atoms with Gasteiger partial charge in [0, 0.05) is 89.1 Å². The minimum Gasteiger partial charge on any atom is -0.493 e. The summed E-state index contributed by atoms with van der Waals surface area (Å²) >= 11 is 0. The highest BCUT2D eigenvalue weighted by molar-refractivity contribution is 5.90. The maximum atomic E-state index is 14.1. The number of benzene rings is 1. The van der Waals surface area contributed by atoms with Crippen LogP contribution in [0.3, 0.4) is 0 Å². The molecule has 12 nitrogen and oxygen atoms in total. The van der Waals surface area contributed by atoms with Crippen LogP contribution >= 0.6 is 0 Å². The van der Waals surface area contributed by atoms with Crippen molar-refractivity contribution in [2.24, 2.45) is 34.5 Å². The molecule has 1 saturated heterocycles. The van der Waals surface area contributed by atoms with Crippen molar-refractivity contribution in [1.82, 2.24) is 4.90 Å². The van der Waals surface area contributed by atoms with Crippen LogP contribution in [0, 0.1) is 34.5 Å². The second-order valence-electron chi connectivity index (χ2n) is 14.9. The van der Waals surface area contributed by atoms with Crippen molar-refractivity contribution in [2.45, 2.75) is 80.9 Å². The Labute approximate surface area is 283 Å². The number of fused-ring (bicyclic) bond motifs is 2. The summed E-state index contributed by atoms with van der Waals surface area (Å²) < 4.78 is 49.7. The first-order valence-electron chi connectivity index (χ1n) is 17.4. The molecule has 2 N–H and O–H groups in total. The fraction of sp³-hybridized carbons (Fsp3) is 0.806. The highest BCUT2D eigenvalue weighted by Gasteiger charge is 2.90. The van der Waals surface area contributed by atoms with Gasteiger partial charge in [0.25, 0.3) is 0 Å². The summed E-state index contributed by atoms with van der Waals surface area (Å²) in [7, 11) is 9.84. The predicted octanol–water partition coefficient (Wildman–Crippen LogP) is 2.17. The molecule has 1 spiro atoms. The standard InChI is InChI=1S/C36H53NO11/c1-9-37-17-33(18-41-3)23(38)14-24(44-6)36-20-15-34(40)25(45-7)16-35(47-10-2,27(30(36)37)28(46-8)29(33)36)26(20)31(34)48-32(39)19-11-12-21(42-4)22(13-19)43-5/h11-13,20,23-31,38,40H,9-10,14-18H2,1-8H3/t20-,23+,24+,25+,26-,27-,28-,29+,30+,31+,33-,34+,35-,36-/m0/s1. The van der Waals surface area contributed by atoms with Crippen LogP contribution in [-0.4, -0.2) is 138 Å². The molecule has 0 aromatic heterocycles. The number of methoxy groups -OCH3 is 6. The molecule has 6 fully saturated rings. The molecule has 14 atom stereocenters. The van der Waals surface area contributed by atoms with E-state index >= 15 is 0 Å². The van der Waals surface area contributed by atoms with Crippen molar-refractivity contribution in [3.63, 3.8) is 0 Å². The third kappa shape index (κ3) is 4.03. The summed E-state index contributed by atoms with van der Waals surface area (Å²) in [6.07, 6.45) is -1.81. The summed E-state index contributed by atoms with van der Waals surface area (Å²) in [6, 6.07) is 4.87. The number of likely N-dealkylation sites (tertiary alicyclic amines) is 1. The van der Waals surface area contributed by atoms with Gasteiger partial charge in [0.05, 0.1) is 56.4 Å². The summed E-state index contributed by atoms with van der Waals surface area (Å²) in [5, 5.41) is 25.0. The van der Waals surface area contributed by atoms with Gasteiger partial charge in [-0.25, -0.2) is 4.79 Å². The number of carbonyl (C=O) groups excluding carboxylic acids is 1. The minimum absolute atomic E-state index is 0.0344. The van der Waals surface area contributed by atoms with E-state index in [0.717, 1.165) is 6.54 Å². The van der Waals surface area contributed by atoms with Crippen LogP contribution in [0.2, 0.25) is 0 Å².